The van der Waals surface area contributed by atoms with Crippen molar-refractivity contribution in [3.63, 3.8) is 0 Å². The first-order chi connectivity index (χ1) is 19.4. The fourth-order valence-electron chi connectivity index (χ4n) is 4.93. The standard InChI is InChI=1S/C30H28BrCl2N3O4/c1-38-26-12-18(13-27(39-2)28(26)40-17-20-8-10-22(32)15-24(20)33)16-34-36-29(19-6-4-3-5-7-19)35-25-11-9-21(31)14-23(25)30(36)37/h8-16,19H,3-7,17H2,1-2H3. The monoisotopic (exact) mass is 643 g/mol. The number of fused-ring (bicyclic) bond motifs is 1. The predicted octanol–water partition coefficient (Wildman–Crippen LogP) is 7.99. The molecule has 10 heteroatoms. The van der Waals surface area contributed by atoms with Gasteiger partial charge in [0.15, 0.2) is 11.5 Å². The van der Waals surface area contributed by atoms with Gasteiger partial charge in [-0.25, -0.2) is 4.98 Å². The van der Waals surface area contributed by atoms with E-state index in [1.165, 1.54) is 11.1 Å². The van der Waals surface area contributed by atoms with Crippen LogP contribution < -0.4 is 19.8 Å². The van der Waals surface area contributed by atoms with Crippen LogP contribution in [-0.4, -0.2) is 30.1 Å². The SMILES string of the molecule is COc1cc(C=Nn2c(C3CCCCC3)nc3ccc(Br)cc3c2=O)cc(OC)c1OCc1ccc(Cl)cc1Cl. The van der Waals surface area contributed by atoms with Gasteiger partial charge >= 0.3 is 0 Å². The Morgan fingerprint density at radius 2 is 1.75 bits per heavy atom. The molecule has 0 saturated heterocycles. The highest BCUT2D eigenvalue weighted by Gasteiger charge is 2.23. The number of hydrogen-bond acceptors (Lipinski definition) is 6. The number of hydrogen-bond donors (Lipinski definition) is 0. The van der Waals surface area contributed by atoms with Gasteiger partial charge in [0, 0.05) is 31.6 Å². The third-order valence-electron chi connectivity index (χ3n) is 7.00. The quantitative estimate of drug-likeness (QED) is 0.182. The van der Waals surface area contributed by atoms with E-state index in [-0.39, 0.29) is 18.1 Å². The first-order valence-corrected chi connectivity index (χ1v) is 14.5. The Hall–Kier alpha value is -3.07. The Morgan fingerprint density at radius 1 is 1.02 bits per heavy atom. The lowest BCUT2D eigenvalue weighted by Crippen LogP contribution is -2.25. The smallest absolute Gasteiger partial charge is 0.282 e. The number of halogens is 3. The Labute approximate surface area is 250 Å². The minimum Gasteiger partial charge on any atom is -0.493 e. The highest BCUT2D eigenvalue weighted by atomic mass is 79.9. The highest BCUT2D eigenvalue weighted by Crippen LogP contribution is 2.39. The summed E-state index contributed by atoms with van der Waals surface area (Å²) in [5.74, 6) is 2.18. The van der Waals surface area contributed by atoms with E-state index in [4.69, 9.17) is 42.4 Å². The fraction of sp³-hybridized carbons (Fsp3) is 0.300. The third-order valence-corrected chi connectivity index (χ3v) is 8.08. The van der Waals surface area contributed by atoms with Crippen molar-refractivity contribution in [2.45, 2.75) is 44.6 Å². The zero-order chi connectivity index (χ0) is 28.2. The van der Waals surface area contributed by atoms with E-state index in [1.807, 2.05) is 18.2 Å². The van der Waals surface area contributed by atoms with Crippen molar-refractivity contribution in [2.75, 3.05) is 14.2 Å². The van der Waals surface area contributed by atoms with Gasteiger partial charge in [-0.3, -0.25) is 4.79 Å². The summed E-state index contributed by atoms with van der Waals surface area (Å²) < 4.78 is 19.6. The molecule has 0 bridgehead atoms. The van der Waals surface area contributed by atoms with Crippen molar-refractivity contribution < 1.29 is 14.2 Å². The first-order valence-electron chi connectivity index (χ1n) is 13.0. The number of ether oxygens (including phenoxy) is 3. The average molecular weight is 645 g/mol. The van der Waals surface area contributed by atoms with Crippen LogP contribution in [0.1, 0.15) is 55.0 Å². The normalized spacial score (nSPS) is 14.1. The van der Waals surface area contributed by atoms with E-state index in [0.29, 0.717) is 49.6 Å². The summed E-state index contributed by atoms with van der Waals surface area (Å²) in [6.07, 6.45) is 7.00. The van der Waals surface area contributed by atoms with Crippen LogP contribution in [0.15, 0.2) is 62.9 Å². The van der Waals surface area contributed by atoms with Gasteiger partial charge in [0.1, 0.15) is 12.4 Å². The third kappa shape index (κ3) is 6.14. The van der Waals surface area contributed by atoms with Crippen molar-refractivity contribution >= 4 is 56.2 Å². The molecule has 0 amide bonds. The number of nitrogens with zero attached hydrogens (tertiary/aromatic N) is 3. The molecule has 0 N–H and O–H groups in total. The van der Waals surface area contributed by atoms with Gasteiger partial charge in [0.25, 0.3) is 5.56 Å². The molecule has 1 fully saturated rings. The van der Waals surface area contributed by atoms with Crippen LogP contribution in [-0.2, 0) is 6.61 Å². The average Bonchev–Trinajstić information content (AvgIpc) is 2.96. The van der Waals surface area contributed by atoms with Gasteiger partial charge in [-0.1, -0.05) is 64.5 Å². The van der Waals surface area contributed by atoms with Crippen molar-refractivity contribution in [1.82, 2.24) is 9.66 Å². The van der Waals surface area contributed by atoms with Gasteiger partial charge in [0.05, 0.1) is 31.3 Å². The van der Waals surface area contributed by atoms with E-state index in [9.17, 15) is 4.79 Å². The maximum atomic E-state index is 13.6. The molecular formula is C30H28BrCl2N3O4. The molecule has 1 aliphatic carbocycles. The van der Waals surface area contributed by atoms with Crippen LogP contribution in [0.3, 0.4) is 0 Å². The largest absolute Gasteiger partial charge is 0.493 e. The molecule has 1 saturated carbocycles. The summed E-state index contributed by atoms with van der Waals surface area (Å²) in [5, 5.41) is 6.20. The second-order valence-corrected chi connectivity index (χ2v) is 11.4. The van der Waals surface area contributed by atoms with Crippen LogP contribution >= 0.6 is 39.1 Å². The lowest BCUT2D eigenvalue weighted by atomic mass is 9.88. The molecule has 0 unspecified atom stereocenters. The molecule has 4 aromatic rings. The molecule has 40 heavy (non-hydrogen) atoms. The van der Waals surface area contributed by atoms with Gasteiger partial charge in [-0.05, 0) is 55.3 Å². The molecule has 0 radical (unpaired) electrons. The molecule has 0 atom stereocenters. The molecule has 1 aromatic heterocycles. The molecule has 5 rings (SSSR count). The van der Waals surface area contributed by atoms with E-state index in [0.717, 1.165) is 35.7 Å². The van der Waals surface area contributed by atoms with Crippen LogP contribution in [0.25, 0.3) is 10.9 Å². The zero-order valence-corrected chi connectivity index (χ0v) is 25.2. The number of methoxy groups -OCH3 is 2. The van der Waals surface area contributed by atoms with E-state index in [2.05, 4.69) is 21.0 Å². The van der Waals surface area contributed by atoms with Gasteiger partial charge in [-0.15, -0.1) is 0 Å². The molecule has 0 spiro atoms. The predicted molar refractivity (Wildman–Crippen MR) is 163 cm³/mol. The Kier molecular flexibility index (Phi) is 8.98. The Bertz CT molecular complexity index is 1610. The van der Waals surface area contributed by atoms with Crippen molar-refractivity contribution in [3.8, 4) is 17.2 Å². The zero-order valence-electron chi connectivity index (χ0n) is 22.1. The Morgan fingerprint density at radius 3 is 2.42 bits per heavy atom. The van der Waals surface area contributed by atoms with Crippen molar-refractivity contribution in [3.05, 3.63) is 90.4 Å². The minimum atomic E-state index is -0.207. The van der Waals surface area contributed by atoms with E-state index in [1.54, 1.807) is 50.8 Å². The van der Waals surface area contributed by atoms with Crippen LogP contribution in [0.5, 0.6) is 17.2 Å². The van der Waals surface area contributed by atoms with Gasteiger partial charge in [-0.2, -0.15) is 9.78 Å². The maximum absolute atomic E-state index is 13.6. The molecule has 3 aromatic carbocycles. The van der Waals surface area contributed by atoms with Crippen LogP contribution in [0.4, 0.5) is 0 Å². The molecule has 7 nitrogen and oxygen atoms in total. The minimum absolute atomic E-state index is 0.172. The summed E-state index contributed by atoms with van der Waals surface area (Å²) >= 11 is 15.8. The molecular weight excluding hydrogens is 617 g/mol. The summed E-state index contributed by atoms with van der Waals surface area (Å²) in [5.41, 5.74) is 1.90. The van der Waals surface area contributed by atoms with E-state index >= 15 is 0 Å². The lowest BCUT2D eigenvalue weighted by Gasteiger charge is -2.22. The number of aromatic nitrogens is 2. The highest BCUT2D eigenvalue weighted by molar-refractivity contribution is 9.10. The maximum Gasteiger partial charge on any atom is 0.282 e. The van der Waals surface area contributed by atoms with Crippen molar-refractivity contribution in [1.29, 1.82) is 0 Å². The Balaban J connectivity index is 1.51. The van der Waals surface area contributed by atoms with E-state index < -0.39 is 0 Å². The van der Waals surface area contributed by atoms with Crippen LogP contribution in [0, 0.1) is 0 Å². The lowest BCUT2D eigenvalue weighted by molar-refractivity contribution is 0.266. The topological polar surface area (TPSA) is 74.9 Å². The van der Waals surface area contributed by atoms with Gasteiger partial charge < -0.3 is 14.2 Å². The molecule has 1 heterocycles. The summed E-state index contributed by atoms with van der Waals surface area (Å²) in [7, 11) is 3.10. The fourth-order valence-corrected chi connectivity index (χ4v) is 5.76. The van der Waals surface area contributed by atoms with Crippen molar-refractivity contribution in [2.24, 2.45) is 5.10 Å². The van der Waals surface area contributed by atoms with Crippen LogP contribution in [0.2, 0.25) is 10.0 Å². The summed E-state index contributed by atoms with van der Waals surface area (Å²) in [6.45, 7) is 0.189. The first kappa shape index (κ1) is 28.5. The molecule has 208 valence electrons. The number of benzene rings is 3. The second-order valence-electron chi connectivity index (χ2n) is 9.61. The number of rotatable bonds is 8. The molecule has 0 aliphatic heterocycles. The summed E-state index contributed by atoms with van der Waals surface area (Å²) in [4.78, 5) is 18.5. The molecule has 1 aliphatic rings. The van der Waals surface area contributed by atoms with Gasteiger partial charge in [0.2, 0.25) is 5.75 Å². The summed E-state index contributed by atoms with van der Waals surface area (Å²) in [6, 6.07) is 14.3. The second kappa shape index (κ2) is 12.6.